The predicted molar refractivity (Wildman–Crippen MR) is 114 cm³/mol. The number of halogens is 2. The zero-order chi connectivity index (χ0) is 20.4. The fourth-order valence-corrected chi connectivity index (χ4v) is 3.58. The average molecular weight is 431 g/mol. The quantitative estimate of drug-likeness (QED) is 0.584. The molecule has 3 aromatic rings. The number of esters is 1. The van der Waals surface area contributed by atoms with E-state index < -0.39 is 5.97 Å². The van der Waals surface area contributed by atoms with Crippen LogP contribution in [-0.2, 0) is 18.0 Å². The number of carbonyl (C=O) groups is 1. The third kappa shape index (κ3) is 4.24. The molecule has 0 radical (unpaired) electrons. The van der Waals surface area contributed by atoms with Crippen molar-refractivity contribution in [3.05, 3.63) is 69.7 Å². The number of nitrogens with one attached hydrogen (secondary N) is 1. The van der Waals surface area contributed by atoms with E-state index in [1.54, 1.807) is 23.7 Å². The highest BCUT2D eigenvalue weighted by molar-refractivity contribution is 6.30. The lowest BCUT2D eigenvalue weighted by molar-refractivity contribution is 0.0527. The molecule has 1 aromatic heterocycles. The number of benzene rings is 2. The van der Waals surface area contributed by atoms with Gasteiger partial charge >= 0.3 is 5.97 Å². The fourth-order valence-electron chi connectivity index (χ4n) is 3.33. The Morgan fingerprint density at radius 1 is 1.10 bits per heavy atom. The minimum atomic E-state index is -0.391. The van der Waals surface area contributed by atoms with Gasteiger partial charge in [-0.3, -0.25) is 4.90 Å². The number of carbonyl (C=O) groups excluding carboxylic acids is 1. The smallest absolute Gasteiger partial charge is 0.344 e. The van der Waals surface area contributed by atoms with E-state index in [-0.39, 0.29) is 0 Å². The summed E-state index contributed by atoms with van der Waals surface area (Å²) < 4.78 is 7.09. The topological polar surface area (TPSA) is 59.4 Å². The maximum atomic E-state index is 12.7. The van der Waals surface area contributed by atoms with Gasteiger partial charge in [0.1, 0.15) is 17.1 Å². The van der Waals surface area contributed by atoms with Crippen molar-refractivity contribution in [3.8, 4) is 11.3 Å². The molecular formula is C21H20Cl2N4O2. The molecule has 6 nitrogen and oxygen atoms in total. The van der Waals surface area contributed by atoms with Gasteiger partial charge in [0.05, 0.1) is 19.9 Å². The first-order chi connectivity index (χ1) is 14.0. The van der Waals surface area contributed by atoms with Crippen molar-refractivity contribution in [2.45, 2.75) is 20.1 Å². The summed E-state index contributed by atoms with van der Waals surface area (Å²) in [6, 6.07) is 15.0. The second kappa shape index (κ2) is 8.45. The molecule has 0 aliphatic carbocycles. The van der Waals surface area contributed by atoms with E-state index in [2.05, 4.69) is 10.2 Å². The van der Waals surface area contributed by atoms with E-state index in [1.165, 1.54) is 0 Å². The molecule has 2 aromatic carbocycles. The Labute approximate surface area is 179 Å². The molecule has 1 N–H and O–H groups in total. The van der Waals surface area contributed by atoms with Crippen LogP contribution in [-0.4, -0.2) is 33.9 Å². The van der Waals surface area contributed by atoms with Crippen molar-refractivity contribution in [2.24, 2.45) is 0 Å². The summed E-state index contributed by atoms with van der Waals surface area (Å²) in [7, 11) is 0. The van der Waals surface area contributed by atoms with Crippen LogP contribution < -0.4 is 5.32 Å². The van der Waals surface area contributed by atoms with Crippen LogP contribution in [0.25, 0.3) is 11.3 Å². The van der Waals surface area contributed by atoms with Gasteiger partial charge in [0.2, 0.25) is 0 Å². The van der Waals surface area contributed by atoms with E-state index in [1.807, 2.05) is 36.4 Å². The molecular weight excluding hydrogens is 411 g/mol. The first-order valence-electron chi connectivity index (χ1n) is 9.29. The summed E-state index contributed by atoms with van der Waals surface area (Å²) in [5.74, 6) is 0.276. The SMILES string of the molecule is CCOC(=O)c1c(-c2ccc(Cl)cc2)nn2c1NCN(Cc1ccc(Cl)cc1)C2. The van der Waals surface area contributed by atoms with E-state index >= 15 is 0 Å². The number of aromatic nitrogens is 2. The Kier molecular flexibility index (Phi) is 5.76. The highest BCUT2D eigenvalue weighted by Gasteiger charge is 2.29. The molecule has 1 aliphatic rings. The number of rotatable bonds is 5. The van der Waals surface area contributed by atoms with Crippen molar-refractivity contribution in [3.63, 3.8) is 0 Å². The molecule has 0 atom stereocenters. The molecule has 0 bridgehead atoms. The van der Waals surface area contributed by atoms with Gasteiger partial charge in [0, 0.05) is 22.2 Å². The lowest BCUT2D eigenvalue weighted by atomic mass is 10.1. The number of hydrogen-bond acceptors (Lipinski definition) is 5. The van der Waals surface area contributed by atoms with Crippen molar-refractivity contribution < 1.29 is 9.53 Å². The summed E-state index contributed by atoms with van der Waals surface area (Å²) >= 11 is 12.0. The van der Waals surface area contributed by atoms with Crippen LogP contribution in [0.2, 0.25) is 10.0 Å². The molecule has 2 heterocycles. The van der Waals surface area contributed by atoms with Crippen molar-refractivity contribution in [2.75, 3.05) is 18.6 Å². The minimum absolute atomic E-state index is 0.298. The number of hydrogen-bond donors (Lipinski definition) is 1. The van der Waals surface area contributed by atoms with Crippen LogP contribution >= 0.6 is 23.2 Å². The van der Waals surface area contributed by atoms with E-state index in [0.717, 1.165) is 17.7 Å². The Bertz CT molecular complexity index is 1020. The van der Waals surface area contributed by atoms with E-state index in [4.69, 9.17) is 33.0 Å². The number of nitrogens with zero attached hydrogens (tertiary/aromatic N) is 3. The van der Waals surface area contributed by atoms with Gasteiger partial charge < -0.3 is 10.1 Å². The third-order valence-electron chi connectivity index (χ3n) is 4.67. The molecule has 0 saturated carbocycles. The maximum Gasteiger partial charge on any atom is 0.344 e. The highest BCUT2D eigenvalue weighted by Crippen LogP contribution is 2.32. The summed E-state index contributed by atoms with van der Waals surface area (Å²) in [4.78, 5) is 14.9. The Morgan fingerprint density at radius 2 is 1.76 bits per heavy atom. The zero-order valence-electron chi connectivity index (χ0n) is 15.9. The van der Waals surface area contributed by atoms with E-state index in [0.29, 0.717) is 47.1 Å². The van der Waals surface area contributed by atoms with Gasteiger partial charge in [0.25, 0.3) is 0 Å². The third-order valence-corrected chi connectivity index (χ3v) is 5.18. The Morgan fingerprint density at radius 3 is 2.41 bits per heavy atom. The molecule has 0 fully saturated rings. The Hall–Kier alpha value is -2.54. The van der Waals surface area contributed by atoms with Gasteiger partial charge in [-0.05, 0) is 36.8 Å². The van der Waals surface area contributed by atoms with Gasteiger partial charge in [-0.1, -0.05) is 47.5 Å². The van der Waals surface area contributed by atoms with Crippen LogP contribution in [0, 0.1) is 0 Å². The second-order valence-corrected chi connectivity index (χ2v) is 7.60. The molecule has 29 heavy (non-hydrogen) atoms. The molecule has 1 aliphatic heterocycles. The van der Waals surface area contributed by atoms with E-state index in [9.17, 15) is 4.79 Å². The lowest BCUT2D eigenvalue weighted by Crippen LogP contribution is -2.37. The van der Waals surface area contributed by atoms with Crippen molar-refractivity contribution >= 4 is 35.0 Å². The molecule has 150 valence electrons. The van der Waals surface area contributed by atoms with Crippen LogP contribution in [0.3, 0.4) is 0 Å². The predicted octanol–water partition coefficient (Wildman–Crippen LogP) is 4.88. The molecule has 0 unspecified atom stereocenters. The van der Waals surface area contributed by atoms with Crippen LogP contribution in [0.15, 0.2) is 48.5 Å². The molecule has 4 rings (SSSR count). The normalized spacial score (nSPS) is 13.6. The number of anilines is 1. The highest BCUT2D eigenvalue weighted by atomic mass is 35.5. The maximum absolute atomic E-state index is 12.7. The molecule has 0 amide bonds. The van der Waals surface area contributed by atoms with Gasteiger partial charge in [-0.25, -0.2) is 9.48 Å². The summed E-state index contributed by atoms with van der Waals surface area (Å²) in [5.41, 5.74) is 2.98. The average Bonchev–Trinajstić information content (AvgIpc) is 3.09. The van der Waals surface area contributed by atoms with Crippen LogP contribution in [0.5, 0.6) is 0 Å². The van der Waals surface area contributed by atoms with Gasteiger partial charge in [0.15, 0.2) is 0 Å². The zero-order valence-corrected chi connectivity index (χ0v) is 17.4. The van der Waals surface area contributed by atoms with Crippen LogP contribution in [0.4, 0.5) is 5.82 Å². The number of ether oxygens (including phenoxy) is 1. The lowest BCUT2D eigenvalue weighted by Gasteiger charge is -2.29. The first-order valence-corrected chi connectivity index (χ1v) is 10.0. The second-order valence-electron chi connectivity index (χ2n) is 6.73. The van der Waals surface area contributed by atoms with Crippen molar-refractivity contribution in [1.82, 2.24) is 14.7 Å². The van der Waals surface area contributed by atoms with Crippen molar-refractivity contribution in [1.29, 1.82) is 0 Å². The molecule has 0 spiro atoms. The standard InChI is InChI=1S/C21H20Cl2N4O2/c1-2-29-21(28)18-19(15-5-9-17(23)10-6-15)25-27-13-26(12-24-20(18)27)11-14-3-7-16(22)8-4-14/h3-10,24H,2,11-13H2,1H3. The Balaban J connectivity index is 1.65. The largest absolute Gasteiger partial charge is 0.462 e. The van der Waals surface area contributed by atoms with Gasteiger partial charge in [-0.15, -0.1) is 0 Å². The first kappa shape index (κ1) is 19.8. The monoisotopic (exact) mass is 430 g/mol. The summed E-state index contributed by atoms with van der Waals surface area (Å²) in [5, 5.41) is 9.38. The minimum Gasteiger partial charge on any atom is -0.462 e. The summed E-state index contributed by atoms with van der Waals surface area (Å²) in [6.45, 7) is 3.95. The molecule has 0 saturated heterocycles. The molecule has 8 heteroatoms. The van der Waals surface area contributed by atoms with Crippen LogP contribution in [0.1, 0.15) is 22.8 Å². The number of fused-ring (bicyclic) bond motifs is 1. The van der Waals surface area contributed by atoms with Gasteiger partial charge in [-0.2, -0.15) is 5.10 Å². The summed E-state index contributed by atoms with van der Waals surface area (Å²) in [6.07, 6.45) is 0. The fraction of sp³-hybridized carbons (Fsp3) is 0.238.